The highest BCUT2D eigenvalue weighted by Gasteiger charge is 2.10. The Kier molecular flexibility index (Phi) is 5.97. The van der Waals surface area contributed by atoms with E-state index in [1.165, 1.54) is 18.2 Å². The van der Waals surface area contributed by atoms with Gasteiger partial charge in [-0.05, 0) is 43.3 Å². The van der Waals surface area contributed by atoms with Crippen molar-refractivity contribution >= 4 is 40.7 Å². The van der Waals surface area contributed by atoms with E-state index < -0.39 is 4.92 Å². The number of nitrogens with one attached hydrogen (secondary N) is 2. The van der Waals surface area contributed by atoms with Gasteiger partial charge in [0.2, 0.25) is 5.91 Å². The summed E-state index contributed by atoms with van der Waals surface area (Å²) in [5, 5.41) is 16.2. The van der Waals surface area contributed by atoms with Crippen LogP contribution >= 0.6 is 12.2 Å². The van der Waals surface area contributed by atoms with Gasteiger partial charge in [-0.1, -0.05) is 35.9 Å². The van der Waals surface area contributed by atoms with Crippen molar-refractivity contribution in [2.75, 3.05) is 5.32 Å². The average Bonchev–Trinajstić information content (AvgIpc) is 2.56. The highest BCUT2D eigenvalue weighted by Crippen LogP contribution is 2.21. The molecule has 2 rings (SSSR count). The number of thiocarbonyl (C=S) groups is 1. The summed E-state index contributed by atoms with van der Waals surface area (Å²) in [6.45, 7) is 3.77. The first-order valence-electron chi connectivity index (χ1n) is 7.47. The van der Waals surface area contributed by atoms with E-state index in [1.807, 2.05) is 31.2 Å². The quantitative estimate of drug-likeness (QED) is 0.378. The maximum absolute atomic E-state index is 11.9. The molecule has 0 atom stereocenters. The molecule has 0 heterocycles. The molecule has 6 nitrogen and oxygen atoms in total. The zero-order valence-electron chi connectivity index (χ0n) is 13.8. The number of nitrogens with zero attached hydrogens (tertiary/aromatic N) is 1. The third-order valence-corrected chi connectivity index (χ3v) is 3.63. The van der Waals surface area contributed by atoms with Crippen LogP contribution in [0.1, 0.15) is 16.7 Å². The predicted octanol–water partition coefficient (Wildman–Crippen LogP) is 3.74. The summed E-state index contributed by atoms with van der Waals surface area (Å²) in [6, 6.07) is 12.1. The fourth-order valence-corrected chi connectivity index (χ4v) is 2.23. The fraction of sp³-hybridized carbons (Fsp3) is 0.111. The van der Waals surface area contributed by atoms with Gasteiger partial charge in [0.25, 0.3) is 5.69 Å². The second-order valence-corrected chi connectivity index (χ2v) is 5.85. The number of nitro benzene ring substituents is 1. The Labute approximate surface area is 150 Å². The minimum absolute atomic E-state index is 0.0542. The number of carbonyl (C=O) groups excluding carboxylic acids is 1. The van der Waals surface area contributed by atoms with Gasteiger partial charge < -0.3 is 5.32 Å². The number of rotatable bonds is 4. The number of non-ortho nitro benzene ring substituents is 1. The number of aryl methyl sites for hydroxylation is 2. The molecule has 25 heavy (non-hydrogen) atoms. The number of hydrogen-bond donors (Lipinski definition) is 2. The Morgan fingerprint density at radius 3 is 2.48 bits per heavy atom. The molecule has 0 unspecified atom stereocenters. The van der Waals surface area contributed by atoms with Crippen molar-refractivity contribution in [3.63, 3.8) is 0 Å². The van der Waals surface area contributed by atoms with Crippen LogP contribution in [-0.4, -0.2) is 15.9 Å². The van der Waals surface area contributed by atoms with Crippen LogP contribution in [0, 0.1) is 24.0 Å². The maximum atomic E-state index is 11.9. The lowest BCUT2D eigenvalue weighted by Crippen LogP contribution is -2.33. The molecule has 0 aliphatic carbocycles. The van der Waals surface area contributed by atoms with Gasteiger partial charge in [-0.15, -0.1) is 0 Å². The van der Waals surface area contributed by atoms with Crippen molar-refractivity contribution in [1.82, 2.24) is 5.32 Å². The first-order valence-corrected chi connectivity index (χ1v) is 7.88. The summed E-state index contributed by atoms with van der Waals surface area (Å²) in [5.41, 5.74) is 3.23. The third kappa shape index (κ3) is 5.50. The Morgan fingerprint density at radius 2 is 1.84 bits per heavy atom. The minimum atomic E-state index is -0.490. The molecule has 0 saturated heterocycles. The molecule has 0 fully saturated rings. The number of anilines is 1. The van der Waals surface area contributed by atoms with Crippen LogP contribution in [0.3, 0.4) is 0 Å². The lowest BCUT2D eigenvalue weighted by Gasteiger charge is -2.10. The van der Waals surface area contributed by atoms with Crippen LogP contribution in [0.2, 0.25) is 0 Å². The molecule has 0 saturated carbocycles. The standard InChI is InChI=1S/C18H17N3O3S/c1-12-3-6-14(7-4-12)8-10-17(22)20-18(25)19-16-11-15(21(23)24)9-5-13(16)2/h3-11H,1-2H3,(H2,19,20,22,25)/b10-8+. The second-order valence-electron chi connectivity index (χ2n) is 5.44. The smallest absolute Gasteiger partial charge is 0.271 e. The van der Waals surface area contributed by atoms with E-state index in [4.69, 9.17) is 12.2 Å². The second kappa shape index (κ2) is 8.16. The molecule has 1 amide bonds. The summed E-state index contributed by atoms with van der Waals surface area (Å²) in [5.74, 6) is -0.388. The Hall–Kier alpha value is -3.06. The van der Waals surface area contributed by atoms with Crippen LogP contribution in [0.5, 0.6) is 0 Å². The van der Waals surface area contributed by atoms with E-state index in [-0.39, 0.29) is 16.7 Å². The van der Waals surface area contributed by atoms with Crippen LogP contribution in [0.4, 0.5) is 11.4 Å². The fourth-order valence-electron chi connectivity index (χ4n) is 2.01. The molecule has 0 bridgehead atoms. The van der Waals surface area contributed by atoms with Crippen LogP contribution in [0.15, 0.2) is 48.5 Å². The van der Waals surface area contributed by atoms with Crippen LogP contribution in [0.25, 0.3) is 6.08 Å². The molecule has 0 aromatic heterocycles. The first-order chi connectivity index (χ1) is 11.8. The molecule has 2 aromatic rings. The lowest BCUT2D eigenvalue weighted by atomic mass is 10.1. The molecule has 2 N–H and O–H groups in total. The van der Waals surface area contributed by atoms with Crippen molar-refractivity contribution in [1.29, 1.82) is 0 Å². The summed E-state index contributed by atoms with van der Waals surface area (Å²) in [6.07, 6.45) is 3.05. The molecule has 7 heteroatoms. The maximum Gasteiger partial charge on any atom is 0.271 e. The lowest BCUT2D eigenvalue weighted by molar-refractivity contribution is -0.384. The molecule has 2 aromatic carbocycles. The predicted molar refractivity (Wildman–Crippen MR) is 102 cm³/mol. The van der Waals surface area contributed by atoms with Crippen molar-refractivity contribution < 1.29 is 9.72 Å². The largest absolute Gasteiger partial charge is 0.332 e. The molecule has 0 aliphatic rings. The number of benzene rings is 2. The van der Waals surface area contributed by atoms with Crippen molar-refractivity contribution in [2.24, 2.45) is 0 Å². The Morgan fingerprint density at radius 1 is 1.16 bits per heavy atom. The number of nitro groups is 1. The third-order valence-electron chi connectivity index (χ3n) is 3.42. The normalized spacial score (nSPS) is 10.5. The summed E-state index contributed by atoms with van der Waals surface area (Å²) in [7, 11) is 0. The topological polar surface area (TPSA) is 84.3 Å². The number of amides is 1. The minimum Gasteiger partial charge on any atom is -0.332 e. The van der Waals surface area contributed by atoms with E-state index in [2.05, 4.69) is 10.6 Å². The van der Waals surface area contributed by atoms with E-state index >= 15 is 0 Å². The molecule has 128 valence electrons. The monoisotopic (exact) mass is 355 g/mol. The number of carbonyl (C=O) groups is 1. The van der Waals surface area contributed by atoms with Crippen LogP contribution < -0.4 is 10.6 Å². The SMILES string of the molecule is Cc1ccc(/C=C/C(=O)NC(=S)Nc2cc([N+](=O)[O-])ccc2C)cc1. The molecule has 0 aliphatic heterocycles. The summed E-state index contributed by atoms with van der Waals surface area (Å²) in [4.78, 5) is 22.3. The highest BCUT2D eigenvalue weighted by molar-refractivity contribution is 7.80. The van der Waals surface area contributed by atoms with Crippen molar-refractivity contribution in [2.45, 2.75) is 13.8 Å². The van der Waals surface area contributed by atoms with Crippen LogP contribution in [-0.2, 0) is 4.79 Å². The van der Waals surface area contributed by atoms with E-state index in [9.17, 15) is 14.9 Å². The molecular formula is C18H17N3O3S. The summed E-state index contributed by atoms with van der Waals surface area (Å²) < 4.78 is 0. The highest BCUT2D eigenvalue weighted by atomic mass is 32.1. The molecule has 0 spiro atoms. The Bertz CT molecular complexity index is 845. The molecule has 0 radical (unpaired) electrons. The van der Waals surface area contributed by atoms with E-state index in [0.29, 0.717) is 5.69 Å². The van der Waals surface area contributed by atoms with Gasteiger partial charge in [-0.25, -0.2) is 0 Å². The van der Waals surface area contributed by atoms with E-state index in [0.717, 1.165) is 16.7 Å². The zero-order valence-corrected chi connectivity index (χ0v) is 14.6. The van der Waals surface area contributed by atoms with Crippen molar-refractivity contribution in [3.05, 3.63) is 75.3 Å². The Balaban J connectivity index is 1.97. The average molecular weight is 355 g/mol. The zero-order chi connectivity index (χ0) is 18.4. The van der Waals surface area contributed by atoms with Crippen molar-refractivity contribution in [3.8, 4) is 0 Å². The first kappa shape index (κ1) is 18.3. The molecular weight excluding hydrogens is 338 g/mol. The van der Waals surface area contributed by atoms with E-state index in [1.54, 1.807) is 19.1 Å². The van der Waals surface area contributed by atoms with Gasteiger partial charge >= 0.3 is 0 Å². The van der Waals surface area contributed by atoms with Gasteiger partial charge in [0.1, 0.15) is 0 Å². The number of hydrogen-bond acceptors (Lipinski definition) is 4. The summed E-state index contributed by atoms with van der Waals surface area (Å²) >= 11 is 5.08. The van der Waals surface area contributed by atoms with Gasteiger partial charge in [-0.3, -0.25) is 20.2 Å². The van der Waals surface area contributed by atoms with Gasteiger partial charge in [0.15, 0.2) is 5.11 Å². The van der Waals surface area contributed by atoms with Gasteiger partial charge in [0.05, 0.1) is 4.92 Å². The van der Waals surface area contributed by atoms with Gasteiger partial charge in [-0.2, -0.15) is 0 Å². The van der Waals surface area contributed by atoms with Gasteiger partial charge in [0, 0.05) is 23.9 Å².